The molecule has 4 nitrogen and oxygen atoms in total. The van der Waals surface area contributed by atoms with Gasteiger partial charge in [0.05, 0.1) is 18.3 Å². The lowest BCUT2D eigenvalue weighted by atomic mass is 9.96. The first-order valence-corrected chi connectivity index (χ1v) is 6.05. The van der Waals surface area contributed by atoms with Crippen molar-refractivity contribution in [1.82, 2.24) is 4.90 Å². The molecule has 16 heavy (non-hydrogen) atoms. The molecule has 2 unspecified atom stereocenters. The van der Waals surface area contributed by atoms with Crippen LogP contribution in [0.25, 0.3) is 0 Å². The van der Waals surface area contributed by atoms with Gasteiger partial charge in [-0.1, -0.05) is 0 Å². The summed E-state index contributed by atoms with van der Waals surface area (Å²) in [4.78, 5) is 2.27. The quantitative estimate of drug-likeness (QED) is 0.760. The van der Waals surface area contributed by atoms with Gasteiger partial charge in [-0.3, -0.25) is 0 Å². The minimum Gasteiger partial charge on any atom is -0.379 e. The van der Waals surface area contributed by atoms with Crippen LogP contribution in [0.15, 0.2) is 0 Å². The molecule has 0 bridgehead atoms. The summed E-state index contributed by atoms with van der Waals surface area (Å²) in [6.07, 6.45) is 2.08. The van der Waals surface area contributed by atoms with E-state index in [0.717, 1.165) is 32.5 Å². The fourth-order valence-electron chi connectivity index (χ4n) is 1.87. The first kappa shape index (κ1) is 13.9. The van der Waals surface area contributed by atoms with E-state index >= 15 is 0 Å². The number of hydrogen-bond acceptors (Lipinski definition) is 4. The lowest BCUT2D eigenvalue weighted by Crippen LogP contribution is -2.49. The predicted molar refractivity (Wildman–Crippen MR) is 65.5 cm³/mol. The zero-order valence-corrected chi connectivity index (χ0v) is 11.0. The maximum Gasteiger partial charge on any atom is 0.0853 e. The summed E-state index contributed by atoms with van der Waals surface area (Å²) < 4.78 is 11.1. The highest BCUT2D eigenvalue weighted by Gasteiger charge is 2.26. The minimum atomic E-state index is -0.0851. The summed E-state index contributed by atoms with van der Waals surface area (Å²) >= 11 is 0. The zero-order valence-electron chi connectivity index (χ0n) is 11.0. The predicted octanol–water partition coefficient (Wildman–Crippen LogP) is 0.850. The monoisotopic (exact) mass is 230 g/mol. The van der Waals surface area contributed by atoms with Gasteiger partial charge in [0, 0.05) is 26.2 Å². The molecule has 1 aliphatic heterocycles. The van der Waals surface area contributed by atoms with E-state index in [1.807, 2.05) is 0 Å². The van der Waals surface area contributed by atoms with Crippen molar-refractivity contribution in [3.63, 3.8) is 0 Å². The van der Waals surface area contributed by atoms with Gasteiger partial charge in [-0.15, -0.1) is 0 Å². The van der Waals surface area contributed by atoms with Crippen LogP contribution in [0.5, 0.6) is 0 Å². The summed E-state index contributed by atoms with van der Waals surface area (Å²) in [5.74, 6) is 0. The van der Waals surface area contributed by atoms with E-state index in [1.54, 1.807) is 7.11 Å². The van der Waals surface area contributed by atoms with Gasteiger partial charge in [0.2, 0.25) is 0 Å². The summed E-state index contributed by atoms with van der Waals surface area (Å²) in [5, 5.41) is 0. The van der Waals surface area contributed by atoms with Crippen LogP contribution in [-0.4, -0.2) is 56.5 Å². The topological polar surface area (TPSA) is 47.7 Å². The van der Waals surface area contributed by atoms with Crippen molar-refractivity contribution in [2.24, 2.45) is 5.73 Å². The number of ether oxygens (including phenoxy) is 2. The third-order valence-corrected chi connectivity index (χ3v) is 3.41. The van der Waals surface area contributed by atoms with Crippen LogP contribution < -0.4 is 5.73 Å². The fourth-order valence-corrected chi connectivity index (χ4v) is 1.87. The number of morpholine rings is 1. The molecule has 0 aromatic rings. The number of nitrogens with two attached hydrogens (primary N) is 1. The number of nitrogens with zero attached hydrogens (tertiary/aromatic N) is 1. The third-order valence-electron chi connectivity index (χ3n) is 3.41. The SMILES string of the molecule is COC(C)(C)CCC(N)C1CN(C)CCO1. The Kier molecular flexibility index (Phi) is 5.18. The van der Waals surface area contributed by atoms with Gasteiger partial charge in [-0.25, -0.2) is 0 Å². The minimum absolute atomic E-state index is 0.0851. The lowest BCUT2D eigenvalue weighted by Gasteiger charge is -2.34. The third kappa shape index (κ3) is 4.37. The van der Waals surface area contributed by atoms with Crippen molar-refractivity contribution in [3.05, 3.63) is 0 Å². The van der Waals surface area contributed by atoms with Gasteiger partial charge in [0.25, 0.3) is 0 Å². The average molecular weight is 230 g/mol. The first-order valence-electron chi connectivity index (χ1n) is 6.05. The van der Waals surface area contributed by atoms with E-state index in [1.165, 1.54) is 0 Å². The Morgan fingerprint density at radius 2 is 2.25 bits per heavy atom. The number of rotatable bonds is 5. The molecule has 0 amide bonds. The highest BCUT2D eigenvalue weighted by molar-refractivity contribution is 4.82. The molecule has 1 rings (SSSR count). The Labute approximate surface area is 99.1 Å². The van der Waals surface area contributed by atoms with Crippen LogP contribution in [0.2, 0.25) is 0 Å². The smallest absolute Gasteiger partial charge is 0.0853 e. The molecule has 4 heteroatoms. The standard InChI is InChI=1S/C12H26N2O2/c1-12(2,15-4)6-5-10(13)11-9-14(3)7-8-16-11/h10-11H,5-9,13H2,1-4H3. The van der Waals surface area contributed by atoms with Gasteiger partial charge in [0.1, 0.15) is 0 Å². The molecule has 96 valence electrons. The van der Waals surface area contributed by atoms with Crippen molar-refractivity contribution >= 4 is 0 Å². The van der Waals surface area contributed by atoms with E-state index < -0.39 is 0 Å². The van der Waals surface area contributed by atoms with Gasteiger partial charge < -0.3 is 20.1 Å². The molecular weight excluding hydrogens is 204 g/mol. The highest BCUT2D eigenvalue weighted by Crippen LogP contribution is 2.18. The Morgan fingerprint density at radius 1 is 1.56 bits per heavy atom. The maximum absolute atomic E-state index is 6.17. The van der Waals surface area contributed by atoms with Gasteiger partial charge in [0.15, 0.2) is 0 Å². The summed E-state index contributed by atoms with van der Waals surface area (Å²) in [5.41, 5.74) is 6.08. The molecular formula is C12H26N2O2. The van der Waals surface area contributed by atoms with Crippen LogP contribution in [0, 0.1) is 0 Å². The molecule has 2 atom stereocenters. The Morgan fingerprint density at radius 3 is 2.81 bits per heavy atom. The molecule has 0 spiro atoms. The summed E-state index contributed by atoms with van der Waals surface area (Å²) in [6, 6.07) is 0.108. The second kappa shape index (κ2) is 5.96. The average Bonchev–Trinajstić information content (AvgIpc) is 2.26. The van der Waals surface area contributed by atoms with Crippen LogP contribution in [-0.2, 0) is 9.47 Å². The van der Waals surface area contributed by atoms with E-state index in [9.17, 15) is 0 Å². The van der Waals surface area contributed by atoms with Crippen LogP contribution in [0.1, 0.15) is 26.7 Å². The van der Waals surface area contributed by atoms with E-state index in [-0.39, 0.29) is 17.7 Å². The first-order chi connectivity index (χ1) is 7.44. The molecule has 1 fully saturated rings. The van der Waals surface area contributed by atoms with Crippen LogP contribution in [0.3, 0.4) is 0 Å². The molecule has 2 N–H and O–H groups in total. The van der Waals surface area contributed by atoms with Gasteiger partial charge in [-0.2, -0.15) is 0 Å². The Bertz CT molecular complexity index is 209. The van der Waals surface area contributed by atoms with Crippen molar-refractivity contribution < 1.29 is 9.47 Å². The summed E-state index contributed by atoms with van der Waals surface area (Å²) in [7, 11) is 3.86. The molecule has 0 aromatic carbocycles. The molecule has 1 heterocycles. The van der Waals surface area contributed by atoms with Crippen molar-refractivity contribution in [3.8, 4) is 0 Å². The second-order valence-corrected chi connectivity index (χ2v) is 5.34. The molecule has 0 radical (unpaired) electrons. The van der Waals surface area contributed by atoms with Crippen molar-refractivity contribution in [1.29, 1.82) is 0 Å². The fraction of sp³-hybridized carbons (Fsp3) is 1.00. The van der Waals surface area contributed by atoms with E-state index in [2.05, 4.69) is 25.8 Å². The van der Waals surface area contributed by atoms with Gasteiger partial charge >= 0.3 is 0 Å². The second-order valence-electron chi connectivity index (χ2n) is 5.34. The normalized spacial score (nSPS) is 25.7. The zero-order chi connectivity index (χ0) is 12.2. The Hall–Kier alpha value is -0.160. The lowest BCUT2D eigenvalue weighted by molar-refractivity contribution is -0.0403. The summed E-state index contributed by atoms with van der Waals surface area (Å²) in [6.45, 7) is 6.92. The number of hydrogen-bond donors (Lipinski definition) is 1. The van der Waals surface area contributed by atoms with Crippen LogP contribution in [0.4, 0.5) is 0 Å². The molecule has 0 aliphatic carbocycles. The van der Waals surface area contributed by atoms with Crippen LogP contribution >= 0.6 is 0 Å². The van der Waals surface area contributed by atoms with E-state index in [4.69, 9.17) is 15.2 Å². The largest absolute Gasteiger partial charge is 0.379 e. The molecule has 1 saturated heterocycles. The molecule has 0 saturated carbocycles. The van der Waals surface area contributed by atoms with Crippen molar-refractivity contribution in [2.75, 3.05) is 33.9 Å². The maximum atomic E-state index is 6.17. The van der Waals surface area contributed by atoms with Crippen molar-refractivity contribution in [2.45, 2.75) is 44.4 Å². The number of methoxy groups -OCH3 is 1. The molecule has 0 aromatic heterocycles. The number of likely N-dealkylation sites (N-methyl/N-ethyl adjacent to an activating group) is 1. The highest BCUT2D eigenvalue weighted by atomic mass is 16.5. The molecule has 1 aliphatic rings. The van der Waals surface area contributed by atoms with E-state index in [0.29, 0.717) is 0 Å². The van der Waals surface area contributed by atoms with Gasteiger partial charge in [-0.05, 0) is 33.7 Å². The Balaban J connectivity index is 2.31.